The van der Waals surface area contributed by atoms with Crippen molar-refractivity contribution in [3.8, 4) is 11.4 Å². The first kappa shape index (κ1) is 10.7. The molecule has 0 aliphatic heterocycles. The van der Waals surface area contributed by atoms with E-state index in [2.05, 4.69) is 41.3 Å². The monoisotopic (exact) mass is 216 g/mol. The zero-order chi connectivity index (χ0) is 11.5. The fourth-order valence-corrected chi connectivity index (χ4v) is 1.67. The predicted octanol–water partition coefficient (Wildman–Crippen LogP) is 2.52. The summed E-state index contributed by atoms with van der Waals surface area (Å²) in [6.07, 6.45) is 1.89. The molecule has 0 bridgehead atoms. The van der Waals surface area contributed by atoms with Crippen molar-refractivity contribution in [3.05, 3.63) is 29.5 Å². The SMILES string of the molecule is CCNc1nnc(-c2ccc[nH]2)c(C)c1C. The molecule has 0 aromatic carbocycles. The maximum Gasteiger partial charge on any atom is 0.151 e. The van der Waals surface area contributed by atoms with E-state index >= 15 is 0 Å². The highest BCUT2D eigenvalue weighted by atomic mass is 15.2. The number of aromatic amines is 1. The lowest BCUT2D eigenvalue weighted by atomic mass is 10.1. The van der Waals surface area contributed by atoms with Crippen molar-refractivity contribution in [2.24, 2.45) is 0 Å². The van der Waals surface area contributed by atoms with Crippen molar-refractivity contribution < 1.29 is 0 Å². The molecule has 0 aliphatic rings. The Balaban J connectivity index is 2.47. The van der Waals surface area contributed by atoms with Gasteiger partial charge in [0, 0.05) is 12.7 Å². The van der Waals surface area contributed by atoms with Gasteiger partial charge in [-0.05, 0) is 44.0 Å². The summed E-state index contributed by atoms with van der Waals surface area (Å²) in [5.74, 6) is 0.871. The standard InChI is InChI=1S/C12H16N4/c1-4-13-12-9(3)8(2)11(15-16-12)10-6-5-7-14-10/h5-7,14H,4H2,1-3H3,(H,13,16). The molecule has 2 heterocycles. The van der Waals surface area contributed by atoms with Gasteiger partial charge in [-0.1, -0.05) is 0 Å². The third-order valence-corrected chi connectivity index (χ3v) is 2.72. The number of aromatic nitrogens is 3. The number of nitrogens with zero attached hydrogens (tertiary/aromatic N) is 2. The molecule has 16 heavy (non-hydrogen) atoms. The number of hydrogen-bond acceptors (Lipinski definition) is 3. The number of anilines is 1. The van der Waals surface area contributed by atoms with Crippen molar-refractivity contribution in [2.75, 3.05) is 11.9 Å². The Hall–Kier alpha value is -1.84. The van der Waals surface area contributed by atoms with E-state index in [0.29, 0.717) is 0 Å². The number of hydrogen-bond donors (Lipinski definition) is 2. The minimum atomic E-state index is 0.858. The van der Waals surface area contributed by atoms with Gasteiger partial charge >= 0.3 is 0 Å². The molecule has 0 radical (unpaired) electrons. The fourth-order valence-electron chi connectivity index (χ4n) is 1.67. The van der Waals surface area contributed by atoms with E-state index in [9.17, 15) is 0 Å². The van der Waals surface area contributed by atoms with Gasteiger partial charge in [0.1, 0.15) is 5.69 Å². The summed E-state index contributed by atoms with van der Waals surface area (Å²) in [5, 5.41) is 11.7. The second kappa shape index (κ2) is 4.35. The van der Waals surface area contributed by atoms with Crippen LogP contribution < -0.4 is 5.32 Å². The van der Waals surface area contributed by atoms with Crippen LogP contribution in [0.3, 0.4) is 0 Å². The molecule has 2 N–H and O–H groups in total. The van der Waals surface area contributed by atoms with Gasteiger partial charge < -0.3 is 10.3 Å². The highest BCUT2D eigenvalue weighted by Crippen LogP contribution is 2.24. The van der Waals surface area contributed by atoms with Crippen molar-refractivity contribution >= 4 is 5.82 Å². The molecule has 2 aromatic heterocycles. The van der Waals surface area contributed by atoms with Crippen LogP contribution >= 0.6 is 0 Å². The molecular formula is C12H16N4. The van der Waals surface area contributed by atoms with E-state index in [1.165, 1.54) is 0 Å². The van der Waals surface area contributed by atoms with E-state index in [-0.39, 0.29) is 0 Å². The van der Waals surface area contributed by atoms with E-state index < -0.39 is 0 Å². The summed E-state index contributed by atoms with van der Waals surface area (Å²) in [6, 6.07) is 3.97. The lowest BCUT2D eigenvalue weighted by molar-refractivity contribution is 0.982. The van der Waals surface area contributed by atoms with Gasteiger partial charge in [-0.15, -0.1) is 10.2 Å². The average molecular weight is 216 g/mol. The molecular weight excluding hydrogens is 200 g/mol. The largest absolute Gasteiger partial charge is 0.369 e. The Labute approximate surface area is 95.1 Å². The second-order valence-electron chi connectivity index (χ2n) is 3.76. The van der Waals surface area contributed by atoms with Crippen LogP contribution in [0.25, 0.3) is 11.4 Å². The molecule has 2 aromatic rings. The first-order valence-electron chi connectivity index (χ1n) is 5.45. The quantitative estimate of drug-likeness (QED) is 0.829. The summed E-state index contributed by atoms with van der Waals surface area (Å²) >= 11 is 0. The fraction of sp³-hybridized carbons (Fsp3) is 0.333. The zero-order valence-corrected chi connectivity index (χ0v) is 9.83. The van der Waals surface area contributed by atoms with Crippen LogP contribution in [0.5, 0.6) is 0 Å². The van der Waals surface area contributed by atoms with Gasteiger partial charge in [0.15, 0.2) is 5.82 Å². The van der Waals surface area contributed by atoms with Gasteiger partial charge in [0.25, 0.3) is 0 Å². The molecule has 0 unspecified atom stereocenters. The van der Waals surface area contributed by atoms with Gasteiger partial charge in [-0.2, -0.15) is 0 Å². The van der Waals surface area contributed by atoms with Crippen molar-refractivity contribution in [1.29, 1.82) is 0 Å². The molecule has 0 saturated heterocycles. The molecule has 4 nitrogen and oxygen atoms in total. The van der Waals surface area contributed by atoms with E-state index in [1.807, 2.05) is 18.3 Å². The Morgan fingerprint density at radius 3 is 2.69 bits per heavy atom. The van der Waals surface area contributed by atoms with E-state index in [0.717, 1.165) is 34.9 Å². The normalized spacial score (nSPS) is 10.4. The third kappa shape index (κ3) is 1.78. The highest BCUT2D eigenvalue weighted by Gasteiger charge is 2.10. The number of rotatable bonds is 3. The van der Waals surface area contributed by atoms with Crippen LogP contribution in [0.15, 0.2) is 18.3 Å². The van der Waals surface area contributed by atoms with Gasteiger partial charge in [-0.25, -0.2) is 0 Å². The van der Waals surface area contributed by atoms with Crippen LogP contribution in [-0.4, -0.2) is 21.7 Å². The zero-order valence-electron chi connectivity index (χ0n) is 9.83. The third-order valence-electron chi connectivity index (χ3n) is 2.72. The summed E-state index contributed by atoms with van der Waals surface area (Å²) in [7, 11) is 0. The molecule has 0 atom stereocenters. The van der Waals surface area contributed by atoms with Crippen LogP contribution in [0.2, 0.25) is 0 Å². The van der Waals surface area contributed by atoms with Gasteiger partial charge in [-0.3, -0.25) is 0 Å². The molecule has 0 spiro atoms. The number of H-pyrrole nitrogens is 1. The Morgan fingerprint density at radius 2 is 2.06 bits per heavy atom. The summed E-state index contributed by atoms with van der Waals surface area (Å²) in [6.45, 7) is 7.04. The van der Waals surface area contributed by atoms with Crippen molar-refractivity contribution in [2.45, 2.75) is 20.8 Å². The van der Waals surface area contributed by atoms with E-state index in [4.69, 9.17) is 0 Å². The Kier molecular flexibility index (Phi) is 2.90. The Morgan fingerprint density at radius 1 is 1.25 bits per heavy atom. The van der Waals surface area contributed by atoms with Gasteiger partial charge in [0.2, 0.25) is 0 Å². The van der Waals surface area contributed by atoms with Crippen LogP contribution in [0.1, 0.15) is 18.1 Å². The first-order valence-corrected chi connectivity index (χ1v) is 5.45. The second-order valence-corrected chi connectivity index (χ2v) is 3.76. The molecule has 0 amide bonds. The minimum absolute atomic E-state index is 0.858. The van der Waals surface area contributed by atoms with Crippen molar-refractivity contribution in [3.63, 3.8) is 0 Å². The lowest BCUT2D eigenvalue weighted by Crippen LogP contribution is -2.06. The average Bonchev–Trinajstić information content (AvgIpc) is 2.79. The van der Waals surface area contributed by atoms with Crippen LogP contribution in [0.4, 0.5) is 5.82 Å². The molecule has 0 saturated carbocycles. The maximum absolute atomic E-state index is 4.26. The molecule has 84 valence electrons. The molecule has 4 heteroatoms. The first-order chi connectivity index (χ1) is 7.74. The summed E-state index contributed by atoms with van der Waals surface area (Å²) < 4.78 is 0. The van der Waals surface area contributed by atoms with Crippen molar-refractivity contribution in [1.82, 2.24) is 15.2 Å². The maximum atomic E-state index is 4.26. The topological polar surface area (TPSA) is 53.6 Å². The van der Waals surface area contributed by atoms with Crippen LogP contribution in [0, 0.1) is 13.8 Å². The number of nitrogens with one attached hydrogen (secondary N) is 2. The smallest absolute Gasteiger partial charge is 0.151 e. The molecule has 2 rings (SSSR count). The Bertz CT molecular complexity index is 474. The van der Waals surface area contributed by atoms with E-state index in [1.54, 1.807) is 0 Å². The molecule has 0 fully saturated rings. The van der Waals surface area contributed by atoms with Gasteiger partial charge in [0.05, 0.1) is 5.69 Å². The highest BCUT2D eigenvalue weighted by molar-refractivity contribution is 5.63. The minimum Gasteiger partial charge on any atom is -0.369 e. The van der Waals surface area contributed by atoms with Crippen LogP contribution in [-0.2, 0) is 0 Å². The summed E-state index contributed by atoms with van der Waals surface area (Å²) in [5.41, 5.74) is 4.25. The lowest BCUT2D eigenvalue weighted by Gasteiger charge is -2.10. The molecule has 0 aliphatic carbocycles. The predicted molar refractivity (Wildman–Crippen MR) is 65.5 cm³/mol. The summed E-state index contributed by atoms with van der Waals surface area (Å²) in [4.78, 5) is 3.15.